The van der Waals surface area contributed by atoms with Gasteiger partial charge in [0.05, 0.1) is 17.3 Å². The molecule has 84 valence electrons. The summed E-state index contributed by atoms with van der Waals surface area (Å²) in [7, 11) is 0. The van der Waals surface area contributed by atoms with E-state index in [0.29, 0.717) is 5.76 Å². The summed E-state index contributed by atoms with van der Waals surface area (Å²) in [6.07, 6.45) is 4.26. The van der Waals surface area contributed by atoms with Crippen molar-refractivity contribution in [3.8, 4) is 0 Å². The molecule has 0 aromatic heterocycles. The van der Waals surface area contributed by atoms with Gasteiger partial charge in [0.1, 0.15) is 0 Å². The molecule has 0 heterocycles. The van der Waals surface area contributed by atoms with Crippen molar-refractivity contribution >= 4 is 0 Å². The van der Waals surface area contributed by atoms with E-state index < -0.39 is 6.10 Å². The van der Waals surface area contributed by atoms with Crippen LogP contribution in [-0.2, 0) is 0 Å². The Balaban J connectivity index is 2.58. The molecule has 0 radical (unpaired) electrons. The molecule has 2 nitrogen and oxygen atoms in total. The minimum absolute atomic E-state index is 0.0483. The van der Waals surface area contributed by atoms with Gasteiger partial charge in [0.25, 0.3) is 0 Å². The van der Waals surface area contributed by atoms with E-state index in [4.69, 9.17) is 0 Å². The molecular weight excluding hydrogens is 188 g/mol. The number of fused-ring (bicyclic) bond motifs is 1. The summed E-state index contributed by atoms with van der Waals surface area (Å²) < 4.78 is 0. The van der Waals surface area contributed by atoms with E-state index in [9.17, 15) is 10.2 Å². The summed E-state index contributed by atoms with van der Waals surface area (Å²) in [6.45, 7) is 8.38. The van der Waals surface area contributed by atoms with Gasteiger partial charge in [0.15, 0.2) is 0 Å². The van der Waals surface area contributed by atoms with Gasteiger partial charge in [0.2, 0.25) is 0 Å². The average Bonchev–Trinajstić information content (AvgIpc) is 2.39. The minimum Gasteiger partial charge on any atom is -0.512 e. The van der Waals surface area contributed by atoms with Crippen LogP contribution in [0.25, 0.3) is 0 Å². The molecule has 0 bridgehead atoms. The smallest absolute Gasteiger partial charge is 0.0986 e. The molecule has 0 fully saturated rings. The number of hydrogen-bond acceptors (Lipinski definition) is 2. The van der Waals surface area contributed by atoms with Crippen LogP contribution in [-0.4, -0.2) is 16.3 Å². The predicted molar refractivity (Wildman–Crippen MR) is 60.5 cm³/mol. The van der Waals surface area contributed by atoms with Crippen molar-refractivity contribution in [3.05, 3.63) is 23.5 Å². The number of hydrogen-bond donors (Lipinski definition) is 2. The first-order valence-corrected chi connectivity index (χ1v) is 5.60. The van der Waals surface area contributed by atoms with Crippen molar-refractivity contribution < 1.29 is 10.2 Å². The van der Waals surface area contributed by atoms with E-state index in [1.54, 1.807) is 0 Å². The largest absolute Gasteiger partial charge is 0.512 e. The van der Waals surface area contributed by atoms with Gasteiger partial charge in [-0.3, -0.25) is 0 Å². The van der Waals surface area contributed by atoms with Crippen molar-refractivity contribution in [2.45, 2.75) is 40.2 Å². The first-order chi connectivity index (χ1) is 6.80. The zero-order chi connectivity index (χ0) is 11.4. The van der Waals surface area contributed by atoms with Crippen molar-refractivity contribution in [2.24, 2.45) is 16.7 Å². The van der Waals surface area contributed by atoms with Crippen LogP contribution in [0, 0.1) is 16.7 Å². The van der Waals surface area contributed by atoms with Crippen LogP contribution >= 0.6 is 0 Å². The quantitative estimate of drug-likeness (QED) is 0.601. The van der Waals surface area contributed by atoms with Gasteiger partial charge in [0, 0.05) is 5.92 Å². The molecule has 15 heavy (non-hydrogen) atoms. The summed E-state index contributed by atoms with van der Waals surface area (Å²) >= 11 is 0. The molecular formula is C13H20O2. The van der Waals surface area contributed by atoms with Gasteiger partial charge in [-0.05, 0) is 24.8 Å². The van der Waals surface area contributed by atoms with Crippen LogP contribution in [0.15, 0.2) is 23.5 Å². The maximum atomic E-state index is 10.1. The van der Waals surface area contributed by atoms with Gasteiger partial charge in [-0.25, -0.2) is 0 Å². The van der Waals surface area contributed by atoms with Gasteiger partial charge in [-0.15, -0.1) is 0 Å². The highest BCUT2D eigenvalue weighted by atomic mass is 16.3. The first-order valence-electron chi connectivity index (χ1n) is 5.60. The highest BCUT2D eigenvalue weighted by molar-refractivity contribution is 5.40. The molecule has 0 aliphatic heterocycles. The molecule has 2 heteroatoms. The molecule has 0 saturated heterocycles. The van der Waals surface area contributed by atoms with Crippen molar-refractivity contribution in [1.29, 1.82) is 0 Å². The second-order valence-electron chi connectivity index (χ2n) is 5.74. The highest BCUT2D eigenvalue weighted by Gasteiger charge is 2.52. The Bertz CT molecular complexity index is 352. The molecule has 0 aromatic rings. The Labute approximate surface area is 91.3 Å². The second-order valence-corrected chi connectivity index (χ2v) is 5.74. The van der Waals surface area contributed by atoms with E-state index in [1.807, 2.05) is 26.0 Å². The minimum atomic E-state index is -0.432. The molecule has 3 atom stereocenters. The van der Waals surface area contributed by atoms with E-state index >= 15 is 0 Å². The maximum Gasteiger partial charge on any atom is 0.0986 e. The third-order valence-corrected chi connectivity index (χ3v) is 4.39. The summed E-state index contributed by atoms with van der Waals surface area (Å²) in [5, 5.41) is 20.0. The molecule has 2 aliphatic carbocycles. The Morgan fingerprint density at radius 1 is 1.33 bits per heavy atom. The SMILES string of the molecule is CC1C(O)C=C2C(C)(C)CC=C(O)C21C. The lowest BCUT2D eigenvalue weighted by Gasteiger charge is -2.43. The molecule has 3 unspecified atom stereocenters. The fourth-order valence-electron chi connectivity index (χ4n) is 3.05. The molecule has 2 N–H and O–H groups in total. The Morgan fingerprint density at radius 2 is 1.93 bits per heavy atom. The number of rotatable bonds is 0. The van der Waals surface area contributed by atoms with Gasteiger partial charge < -0.3 is 10.2 Å². The summed E-state index contributed by atoms with van der Waals surface area (Å²) in [5.74, 6) is 0.487. The van der Waals surface area contributed by atoms with E-state index in [1.165, 1.54) is 5.57 Å². The molecule has 2 aliphatic rings. The van der Waals surface area contributed by atoms with Crippen LogP contribution in [0.1, 0.15) is 34.1 Å². The second kappa shape index (κ2) is 2.88. The van der Waals surface area contributed by atoms with Crippen LogP contribution in [0.3, 0.4) is 0 Å². The number of allylic oxidation sites excluding steroid dienone is 2. The highest BCUT2D eigenvalue weighted by Crippen LogP contribution is 2.58. The van der Waals surface area contributed by atoms with Gasteiger partial charge in [-0.1, -0.05) is 32.4 Å². The van der Waals surface area contributed by atoms with Crippen molar-refractivity contribution in [3.63, 3.8) is 0 Å². The van der Waals surface area contributed by atoms with Crippen LogP contribution < -0.4 is 0 Å². The fourth-order valence-corrected chi connectivity index (χ4v) is 3.05. The lowest BCUT2D eigenvalue weighted by atomic mass is 9.61. The van der Waals surface area contributed by atoms with Crippen LogP contribution in [0.5, 0.6) is 0 Å². The standard InChI is InChI=1S/C13H20O2/c1-8-9(14)7-10-12(2,3)6-5-11(15)13(8,10)4/h5,7-9,14-15H,6H2,1-4H3. The lowest BCUT2D eigenvalue weighted by molar-refractivity contribution is 0.0912. The zero-order valence-electron chi connectivity index (χ0n) is 9.91. The van der Waals surface area contributed by atoms with Crippen LogP contribution in [0.2, 0.25) is 0 Å². The Morgan fingerprint density at radius 3 is 2.47 bits per heavy atom. The Kier molecular flexibility index (Phi) is 2.06. The molecule has 0 amide bonds. The Hall–Kier alpha value is -0.760. The molecule has 0 saturated carbocycles. The monoisotopic (exact) mass is 208 g/mol. The first kappa shape index (κ1) is 10.7. The number of aliphatic hydroxyl groups excluding tert-OH is 2. The third-order valence-electron chi connectivity index (χ3n) is 4.39. The average molecular weight is 208 g/mol. The zero-order valence-corrected chi connectivity index (χ0v) is 9.91. The maximum absolute atomic E-state index is 10.1. The third kappa shape index (κ3) is 1.21. The lowest BCUT2D eigenvalue weighted by Crippen LogP contribution is -2.37. The fraction of sp³-hybridized carbons (Fsp3) is 0.692. The summed E-state index contributed by atoms with van der Waals surface area (Å²) in [6, 6.07) is 0. The normalized spacial score (nSPS) is 43.3. The topological polar surface area (TPSA) is 40.5 Å². The summed E-state index contributed by atoms with van der Waals surface area (Å²) in [5.41, 5.74) is 0.878. The van der Waals surface area contributed by atoms with Crippen LogP contribution in [0.4, 0.5) is 0 Å². The number of aliphatic hydroxyl groups is 2. The van der Waals surface area contributed by atoms with Gasteiger partial charge in [-0.2, -0.15) is 0 Å². The van der Waals surface area contributed by atoms with Gasteiger partial charge >= 0.3 is 0 Å². The van der Waals surface area contributed by atoms with Crippen molar-refractivity contribution in [1.82, 2.24) is 0 Å². The van der Waals surface area contributed by atoms with Crippen molar-refractivity contribution in [2.75, 3.05) is 0 Å². The van der Waals surface area contributed by atoms with E-state index in [-0.39, 0.29) is 16.7 Å². The molecule has 2 rings (SSSR count). The molecule has 0 aromatic carbocycles. The molecule has 0 spiro atoms. The predicted octanol–water partition coefficient (Wildman–Crippen LogP) is 2.80. The van der Waals surface area contributed by atoms with E-state index in [2.05, 4.69) is 13.8 Å². The summed E-state index contributed by atoms with van der Waals surface area (Å²) in [4.78, 5) is 0. The van der Waals surface area contributed by atoms with E-state index in [0.717, 1.165) is 6.42 Å².